The summed E-state index contributed by atoms with van der Waals surface area (Å²) in [7, 11) is 1.62. The predicted octanol–water partition coefficient (Wildman–Crippen LogP) is 3.21. The van der Waals surface area contributed by atoms with E-state index in [-0.39, 0.29) is 11.8 Å². The molecule has 2 aromatic carbocycles. The molecule has 0 bridgehead atoms. The van der Waals surface area contributed by atoms with Crippen LogP contribution in [-0.2, 0) is 0 Å². The van der Waals surface area contributed by atoms with Crippen LogP contribution in [0.2, 0.25) is 0 Å². The number of amides is 1. The molecule has 0 atom stereocenters. The van der Waals surface area contributed by atoms with Gasteiger partial charge in [-0.3, -0.25) is 9.59 Å². The Morgan fingerprint density at radius 3 is 2.70 bits per heavy atom. The van der Waals surface area contributed by atoms with Crippen molar-refractivity contribution < 1.29 is 9.59 Å². The maximum Gasteiger partial charge on any atom is 0.252 e. The molecule has 1 amide bonds. The Kier molecular flexibility index (Phi) is 4.16. The number of carbonyl (C=O) groups excluding carboxylic acids is 2. The zero-order chi connectivity index (χ0) is 16.4. The summed E-state index contributed by atoms with van der Waals surface area (Å²) in [6.45, 7) is 1.47. The average Bonchev–Trinajstić information content (AvgIpc) is 2.98. The highest BCUT2D eigenvalue weighted by molar-refractivity contribution is 7.99. The van der Waals surface area contributed by atoms with E-state index in [4.69, 9.17) is 0 Å². The minimum absolute atomic E-state index is 0.116. The topological polar surface area (TPSA) is 64.0 Å². The molecule has 0 aliphatic heterocycles. The van der Waals surface area contributed by atoms with E-state index in [1.165, 1.54) is 23.4 Å². The Bertz CT molecular complexity index is 902. The first-order valence-electron chi connectivity index (χ1n) is 7.08. The monoisotopic (exact) mass is 325 g/mol. The van der Waals surface area contributed by atoms with Gasteiger partial charge in [-0.05, 0) is 24.3 Å². The Hall–Kier alpha value is -2.60. The molecule has 0 aliphatic carbocycles. The van der Waals surface area contributed by atoms with E-state index >= 15 is 0 Å². The van der Waals surface area contributed by atoms with E-state index < -0.39 is 0 Å². The van der Waals surface area contributed by atoms with Crippen LogP contribution >= 0.6 is 11.8 Å². The Morgan fingerprint density at radius 2 is 1.96 bits per heavy atom. The van der Waals surface area contributed by atoms with Crippen molar-refractivity contribution in [2.75, 3.05) is 7.05 Å². The van der Waals surface area contributed by atoms with Crippen molar-refractivity contribution in [2.24, 2.45) is 0 Å². The normalized spacial score (nSPS) is 10.7. The second-order valence-electron chi connectivity index (χ2n) is 4.99. The third-order valence-electron chi connectivity index (χ3n) is 3.39. The van der Waals surface area contributed by atoms with Gasteiger partial charge in [-0.2, -0.15) is 5.10 Å². The van der Waals surface area contributed by atoms with E-state index in [0.29, 0.717) is 5.56 Å². The first-order chi connectivity index (χ1) is 11.1. The van der Waals surface area contributed by atoms with Crippen LogP contribution in [0.4, 0.5) is 0 Å². The molecular weight excluding hydrogens is 310 g/mol. The van der Waals surface area contributed by atoms with E-state index in [1.54, 1.807) is 19.3 Å². The largest absolute Gasteiger partial charge is 0.355 e. The van der Waals surface area contributed by atoms with Gasteiger partial charge in [-0.15, -0.1) is 0 Å². The molecule has 0 fully saturated rings. The molecule has 0 unspecified atom stereocenters. The van der Waals surface area contributed by atoms with Gasteiger partial charge in [-0.1, -0.05) is 30.0 Å². The third-order valence-corrected chi connectivity index (χ3v) is 4.45. The number of carbonyl (C=O) groups is 2. The summed E-state index contributed by atoms with van der Waals surface area (Å²) in [4.78, 5) is 25.2. The van der Waals surface area contributed by atoms with Crippen LogP contribution in [0.15, 0.2) is 58.5 Å². The summed E-state index contributed by atoms with van der Waals surface area (Å²) in [6, 6.07) is 13.2. The Balaban J connectivity index is 1.96. The number of benzene rings is 2. The molecular formula is C17H15N3O2S. The molecule has 5 nitrogen and oxygen atoms in total. The Morgan fingerprint density at radius 1 is 1.17 bits per heavy atom. The molecule has 6 heteroatoms. The molecule has 0 aliphatic rings. The zero-order valence-electron chi connectivity index (χ0n) is 12.7. The number of aromatic nitrogens is 2. The number of hydrogen-bond donors (Lipinski definition) is 1. The van der Waals surface area contributed by atoms with Crippen molar-refractivity contribution in [3.8, 4) is 0 Å². The second-order valence-corrected chi connectivity index (χ2v) is 6.11. The van der Waals surface area contributed by atoms with E-state index in [0.717, 1.165) is 20.7 Å². The second kappa shape index (κ2) is 6.26. The highest BCUT2D eigenvalue weighted by atomic mass is 32.2. The van der Waals surface area contributed by atoms with E-state index in [9.17, 15) is 9.59 Å². The maximum absolute atomic E-state index is 11.9. The average molecular weight is 325 g/mol. The molecule has 3 aromatic rings. The molecule has 0 saturated carbocycles. The quantitative estimate of drug-likeness (QED) is 0.803. The molecule has 0 spiro atoms. The molecule has 0 radical (unpaired) electrons. The van der Waals surface area contributed by atoms with E-state index in [2.05, 4.69) is 10.4 Å². The fraction of sp³-hybridized carbons (Fsp3) is 0.118. The molecule has 116 valence electrons. The number of nitrogens with one attached hydrogen (secondary N) is 1. The van der Waals surface area contributed by atoms with Gasteiger partial charge in [0.25, 0.3) is 5.91 Å². The highest BCUT2D eigenvalue weighted by Gasteiger charge is 2.11. The fourth-order valence-corrected chi connectivity index (χ4v) is 3.20. The van der Waals surface area contributed by atoms with Crippen molar-refractivity contribution in [1.29, 1.82) is 0 Å². The lowest BCUT2D eigenvalue weighted by Gasteiger charge is -2.07. The van der Waals surface area contributed by atoms with Gasteiger partial charge in [0, 0.05) is 35.3 Å². The summed E-state index contributed by atoms with van der Waals surface area (Å²) in [6.07, 6.45) is 1.71. The summed E-state index contributed by atoms with van der Waals surface area (Å²) >= 11 is 1.50. The third kappa shape index (κ3) is 3.12. The number of fused-ring (bicyclic) bond motifs is 1. The summed E-state index contributed by atoms with van der Waals surface area (Å²) < 4.78 is 1.33. The van der Waals surface area contributed by atoms with Gasteiger partial charge in [0.1, 0.15) is 0 Å². The van der Waals surface area contributed by atoms with Crippen LogP contribution < -0.4 is 5.32 Å². The number of hydrogen-bond acceptors (Lipinski definition) is 4. The SMILES string of the molecule is CNC(=O)c1ccccc1Sc1ccc2cn(C(C)=O)nc2c1. The van der Waals surface area contributed by atoms with Gasteiger partial charge in [0.05, 0.1) is 11.1 Å². The minimum Gasteiger partial charge on any atom is -0.355 e. The van der Waals surface area contributed by atoms with Crippen LogP contribution in [0, 0.1) is 0 Å². The molecule has 3 rings (SSSR count). The lowest BCUT2D eigenvalue weighted by molar-refractivity contribution is 0.0920. The van der Waals surface area contributed by atoms with Crippen LogP contribution in [0.3, 0.4) is 0 Å². The predicted molar refractivity (Wildman–Crippen MR) is 90.0 cm³/mol. The molecule has 0 saturated heterocycles. The first kappa shape index (κ1) is 15.3. The molecule has 1 heterocycles. The standard InChI is InChI=1S/C17H15N3O2S/c1-11(21)20-10-12-7-8-13(9-15(12)19-20)23-16-6-4-3-5-14(16)17(22)18-2/h3-10H,1-2H3,(H,18,22). The van der Waals surface area contributed by atoms with Gasteiger partial charge in [0.15, 0.2) is 0 Å². The maximum atomic E-state index is 11.9. The zero-order valence-corrected chi connectivity index (χ0v) is 13.6. The smallest absolute Gasteiger partial charge is 0.252 e. The lowest BCUT2D eigenvalue weighted by atomic mass is 10.2. The summed E-state index contributed by atoms with van der Waals surface area (Å²) in [5.74, 6) is -0.240. The van der Waals surface area contributed by atoms with Gasteiger partial charge in [0.2, 0.25) is 5.91 Å². The number of rotatable bonds is 3. The van der Waals surface area contributed by atoms with E-state index in [1.807, 2.05) is 36.4 Å². The van der Waals surface area contributed by atoms with Crippen LogP contribution in [0.5, 0.6) is 0 Å². The van der Waals surface area contributed by atoms with Gasteiger partial charge >= 0.3 is 0 Å². The Labute approximate surface area is 137 Å². The first-order valence-corrected chi connectivity index (χ1v) is 7.89. The number of nitrogens with zero attached hydrogens (tertiary/aromatic N) is 2. The van der Waals surface area contributed by atoms with Gasteiger partial charge < -0.3 is 5.32 Å². The lowest BCUT2D eigenvalue weighted by Crippen LogP contribution is -2.18. The van der Waals surface area contributed by atoms with Crippen LogP contribution in [0.25, 0.3) is 10.9 Å². The minimum atomic E-state index is -0.125. The molecule has 1 N–H and O–H groups in total. The van der Waals surface area contributed by atoms with Gasteiger partial charge in [-0.25, -0.2) is 4.68 Å². The van der Waals surface area contributed by atoms with Crippen molar-refractivity contribution in [3.63, 3.8) is 0 Å². The summed E-state index contributed by atoms with van der Waals surface area (Å²) in [5.41, 5.74) is 1.39. The van der Waals surface area contributed by atoms with Crippen molar-refractivity contribution >= 4 is 34.5 Å². The highest BCUT2D eigenvalue weighted by Crippen LogP contribution is 2.32. The molecule has 1 aromatic heterocycles. The molecule has 23 heavy (non-hydrogen) atoms. The fourth-order valence-electron chi connectivity index (χ4n) is 2.23. The van der Waals surface area contributed by atoms with Crippen LogP contribution in [-0.4, -0.2) is 28.6 Å². The van der Waals surface area contributed by atoms with Crippen molar-refractivity contribution in [1.82, 2.24) is 15.1 Å². The summed E-state index contributed by atoms with van der Waals surface area (Å²) in [5, 5.41) is 7.82. The van der Waals surface area contributed by atoms with Crippen molar-refractivity contribution in [2.45, 2.75) is 16.7 Å². The van der Waals surface area contributed by atoms with Crippen LogP contribution in [0.1, 0.15) is 22.1 Å². The van der Waals surface area contributed by atoms with Crippen molar-refractivity contribution in [3.05, 3.63) is 54.2 Å².